The van der Waals surface area contributed by atoms with Crippen molar-refractivity contribution in [3.63, 3.8) is 0 Å². The van der Waals surface area contributed by atoms with E-state index >= 15 is 0 Å². The van der Waals surface area contributed by atoms with Crippen LogP contribution >= 0.6 is 0 Å². The number of aliphatic hydroxyl groups is 1. The van der Waals surface area contributed by atoms with Gasteiger partial charge in [0.05, 0.1) is 13.2 Å². The Morgan fingerprint density at radius 3 is 3.33 bits per heavy atom. The maximum atomic E-state index is 9.42. The third kappa shape index (κ3) is 3.33. The molecule has 114 valence electrons. The van der Waals surface area contributed by atoms with E-state index in [2.05, 4.69) is 25.2 Å². The molecule has 0 amide bonds. The second-order valence-corrected chi connectivity index (χ2v) is 5.67. The summed E-state index contributed by atoms with van der Waals surface area (Å²) in [6, 6.07) is 2.38. The molecule has 3 heterocycles. The molecule has 1 fully saturated rings. The molecule has 6 heteroatoms. The maximum Gasteiger partial charge on any atom is 0.231 e. The van der Waals surface area contributed by atoms with Gasteiger partial charge in [-0.05, 0) is 31.9 Å². The molecule has 1 aliphatic rings. The summed E-state index contributed by atoms with van der Waals surface area (Å²) in [4.78, 5) is 12.9. The van der Waals surface area contributed by atoms with Gasteiger partial charge in [0.15, 0.2) is 0 Å². The Bertz CT molecular complexity index is 570. The third-order valence-electron chi connectivity index (χ3n) is 4.28. The highest BCUT2D eigenvalue weighted by atomic mass is 16.3. The molecular formula is C15H24N5O+. The van der Waals surface area contributed by atoms with E-state index in [9.17, 15) is 5.11 Å². The number of nitrogens with zero attached hydrogens (tertiary/aromatic N) is 2. The van der Waals surface area contributed by atoms with E-state index < -0.39 is 0 Å². The van der Waals surface area contributed by atoms with Gasteiger partial charge in [-0.1, -0.05) is 11.4 Å². The standard InChI is InChI=1S/C15H23N5O/c21-10-12-4-1-2-8-20(12)9-3-6-16-14-13-5-7-17-15(13)19-11-18-14/h5,7,11-12,21H,1-4,6,8-10H2,(H2,16,17,18,19)/p+1/t12-/m0/s1. The van der Waals surface area contributed by atoms with Crippen LogP contribution < -0.4 is 10.3 Å². The molecule has 4 N–H and O–H groups in total. The Hall–Kier alpha value is -1.66. The van der Waals surface area contributed by atoms with Crippen LogP contribution in [0.3, 0.4) is 0 Å². The molecule has 6 nitrogen and oxygen atoms in total. The molecule has 0 spiro atoms. The van der Waals surface area contributed by atoms with Gasteiger partial charge >= 0.3 is 0 Å². The highest BCUT2D eigenvalue weighted by molar-refractivity contribution is 5.84. The normalized spacial score (nSPS) is 20.0. The SMILES string of the molecule is OC[C@@H]1CCCCN1CCCNc1[nH+]cnc2[nH]ccc12. The molecule has 0 aromatic carbocycles. The summed E-state index contributed by atoms with van der Waals surface area (Å²) in [7, 11) is 0. The first-order valence-corrected chi connectivity index (χ1v) is 7.81. The van der Waals surface area contributed by atoms with Crippen molar-refractivity contribution in [3.05, 3.63) is 18.6 Å². The number of aliphatic hydroxyl groups excluding tert-OH is 1. The van der Waals surface area contributed by atoms with Crippen LogP contribution in [-0.4, -0.2) is 52.3 Å². The van der Waals surface area contributed by atoms with Gasteiger partial charge in [0, 0.05) is 18.8 Å². The van der Waals surface area contributed by atoms with Crippen LogP contribution in [0.15, 0.2) is 18.6 Å². The van der Waals surface area contributed by atoms with Crippen molar-refractivity contribution in [1.29, 1.82) is 0 Å². The van der Waals surface area contributed by atoms with E-state index in [1.165, 1.54) is 12.8 Å². The number of likely N-dealkylation sites (tertiary alicyclic amines) is 1. The summed E-state index contributed by atoms with van der Waals surface area (Å²) >= 11 is 0. The molecule has 0 radical (unpaired) electrons. The van der Waals surface area contributed by atoms with Crippen LogP contribution in [0, 0.1) is 0 Å². The van der Waals surface area contributed by atoms with Crippen LogP contribution in [-0.2, 0) is 0 Å². The predicted octanol–water partition coefficient (Wildman–Crippen LogP) is 1.03. The molecule has 1 atom stereocenters. The Morgan fingerprint density at radius 2 is 2.43 bits per heavy atom. The lowest BCUT2D eigenvalue weighted by atomic mass is 10.0. The van der Waals surface area contributed by atoms with Crippen LogP contribution in [0.2, 0.25) is 0 Å². The lowest BCUT2D eigenvalue weighted by Crippen LogP contribution is -2.42. The summed E-state index contributed by atoms with van der Waals surface area (Å²) in [6.45, 7) is 3.36. The van der Waals surface area contributed by atoms with Crippen molar-refractivity contribution in [2.45, 2.75) is 31.7 Å². The molecular weight excluding hydrogens is 266 g/mol. The van der Waals surface area contributed by atoms with E-state index in [4.69, 9.17) is 0 Å². The minimum Gasteiger partial charge on any atom is -0.395 e. The number of hydrogen-bond donors (Lipinski definition) is 3. The van der Waals surface area contributed by atoms with Gasteiger partial charge in [0.2, 0.25) is 17.8 Å². The Labute approximate surface area is 124 Å². The number of piperidine rings is 1. The number of aromatic nitrogens is 3. The molecule has 1 saturated heterocycles. The fourth-order valence-corrected chi connectivity index (χ4v) is 3.11. The van der Waals surface area contributed by atoms with Crippen molar-refractivity contribution in [1.82, 2.24) is 14.9 Å². The molecule has 0 saturated carbocycles. The average Bonchev–Trinajstić information content (AvgIpc) is 3.01. The summed E-state index contributed by atoms with van der Waals surface area (Å²) in [5, 5.41) is 13.9. The van der Waals surface area contributed by atoms with Crippen LogP contribution in [0.25, 0.3) is 11.0 Å². The van der Waals surface area contributed by atoms with E-state index in [1.54, 1.807) is 6.33 Å². The van der Waals surface area contributed by atoms with E-state index in [1.807, 2.05) is 12.3 Å². The summed E-state index contributed by atoms with van der Waals surface area (Å²) < 4.78 is 0. The Morgan fingerprint density at radius 1 is 1.48 bits per heavy atom. The summed E-state index contributed by atoms with van der Waals surface area (Å²) in [5.74, 6) is 1.01. The number of aromatic amines is 2. The lowest BCUT2D eigenvalue weighted by molar-refractivity contribution is -0.364. The van der Waals surface area contributed by atoms with E-state index in [0.29, 0.717) is 6.04 Å². The van der Waals surface area contributed by atoms with Crippen molar-refractivity contribution in [3.8, 4) is 0 Å². The molecule has 3 rings (SSSR count). The molecule has 0 bridgehead atoms. The number of fused-ring (bicyclic) bond motifs is 1. The number of nitrogens with one attached hydrogen (secondary N) is 3. The second-order valence-electron chi connectivity index (χ2n) is 5.67. The fourth-order valence-electron chi connectivity index (χ4n) is 3.11. The largest absolute Gasteiger partial charge is 0.395 e. The zero-order valence-electron chi connectivity index (χ0n) is 12.3. The quantitative estimate of drug-likeness (QED) is 0.694. The molecule has 1 aliphatic heterocycles. The number of H-pyrrole nitrogens is 2. The van der Waals surface area contributed by atoms with Gasteiger partial charge in [-0.25, -0.2) is 4.98 Å². The minimum atomic E-state index is 0.287. The van der Waals surface area contributed by atoms with Crippen molar-refractivity contribution >= 4 is 16.9 Å². The van der Waals surface area contributed by atoms with Crippen LogP contribution in [0.1, 0.15) is 25.7 Å². The highest BCUT2D eigenvalue weighted by Gasteiger charge is 2.20. The zero-order chi connectivity index (χ0) is 14.5. The molecule has 0 unspecified atom stereocenters. The smallest absolute Gasteiger partial charge is 0.231 e. The van der Waals surface area contributed by atoms with Gasteiger partial charge < -0.3 is 15.4 Å². The van der Waals surface area contributed by atoms with Gasteiger partial charge in [0.25, 0.3) is 0 Å². The Balaban J connectivity index is 1.49. The number of rotatable bonds is 6. The predicted molar refractivity (Wildman–Crippen MR) is 82.1 cm³/mol. The van der Waals surface area contributed by atoms with E-state index in [0.717, 1.165) is 49.3 Å². The first kappa shape index (κ1) is 14.3. The Kier molecular flexibility index (Phi) is 4.67. The molecule has 2 aromatic heterocycles. The first-order chi connectivity index (χ1) is 10.4. The number of hydrogen-bond acceptors (Lipinski definition) is 4. The summed E-state index contributed by atoms with van der Waals surface area (Å²) in [6.07, 6.45) is 8.30. The summed E-state index contributed by atoms with van der Waals surface area (Å²) in [5.41, 5.74) is 0.896. The second kappa shape index (κ2) is 6.87. The van der Waals surface area contributed by atoms with Gasteiger partial charge in [0.1, 0.15) is 5.39 Å². The average molecular weight is 290 g/mol. The topological polar surface area (TPSA) is 78.3 Å². The van der Waals surface area contributed by atoms with Crippen LogP contribution in [0.5, 0.6) is 0 Å². The number of anilines is 1. The minimum absolute atomic E-state index is 0.287. The van der Waals surface area contributed by atoms with Crippen molar-refractivity contribution in [2.75, 3.05) is 31.6 Å². The molecule has 21 heavy (non-hydrogen) atoms. The van der Waals surface area contributed by atoms with Gasteiger partial charge in [-0.15, -0.1) is 0 Å². The highest BCUT2D eigenvalue weighted by Crippen LogP contribution is 2.17. The third-order valence-corrected chi connectivity index (χ3v) is 4.28. The van der Waals surface area contributed by atoms with E-state index in [-0.39, 0.29) is 6.61 Å². The molecule has 2 aromatic rings. The maximum absolute atomic E-state index is 9.42. The lowest BCUT2D eigenvalue weighted by Gasteiger charge is -2.34. The van der Waals surface area contributed by atoms with Crippen LogP contribution in [0.4, 0.5) is 5.82 Å². The van der Waals surface area contributed by atoms with Crippen molar-refractivity contribution < 1.29 is 10.1 Å². The van der Waals surface area contributed by atoms with Gasteiger partial charge in [-0.2, -0.15) is 0 Å². The fraction of sp³-hybridized carbons (Fsp3) is 0.600. The zero-order valence-corrected chi connectivity index (χ0v) is 12.3. The van der Waals surface area contributed by atoms with Crippen molar-refractivity contribution in [2.24, 2.45) is 0 Å². The molecule has 0 aliphatic carbocycles. The van der Waals surface area contributed by atoms with Gasteiger partial charge in [-0.3, -0.25) is 4.90 Å². The monoisotopic (exact) mass is 290 g/mol. The first-order valence-electron chi connectivity index (χ1n) is 7.81.